The molecule has 0 N–H and O–H groups in total. The summed E-state index contributed by atoms with van der Waals surface area (Å²) in [6.07, 6.45) is 3.10. The summed E-state index contributed by atoms with van der Waals surface area (Å²) < 4.78 is 6.02. The quantitative estimate of drug-likeness (QED) is 0.786. The Kier molecular flexibility index (Phi) is 4.56. The molecule has 1 aromatic heterocycles. The van der Waals surface area contributed by atoms with Crippen LogP contribution < -0.4 is 4.74 Å². The van der Waals surface area contributed by atoms with Crippen molar-refractivity contribution in [1.82, 2.24) is 4.98 Å². The second kappa shape index (κ2) is 6.17. The first-order valence-electron chi connectivity index (χ1n) is 5.69. The van der Waals surface area contributed by atoms with Crippen molar-refractivity contribution in [3.63, 3.8) is 0 Å². The lowest BCUT2D eigenvalue weighted by Crippen LogP contribution is -2.03. The molecule has 98 valence electrons. The molecule has 2 rings (SSSR count). The monoisotopic (exact) mass is 339 g/mol. The SMILES string of the molecule is CCOc1cncc(C(=O)c2ccc(Cl)c(Br)c2)c1. The Labute approximate surface area is 124 Å². The Morgan fingerprint density at radius 1 is 1.32 bits per heavy atom. The molecule has 0 fully saturated rings. The second-order valence-corrected chi connectivity index (χ2v) is 5.06. The summed E-state index contributed by atoms with van der Waals surface area (Å²) in [6.45, 7) is 2.41. The number of nitrogens with zero attached hydrogens (tertiary/aromatic N) is 1. The zero-order valence-corrected chi connectivity index (χ0v) is 12.5. The van der Waals surface area contributed by atoms with Gasteiger partial charge in [-0.15, -0.1) is 0 Å². The molecule has 0 unspecified atom stereocenters. The Hall–Kier alpha value is -1.39. The molecule has 0 radical (unpaired) electrons. The summed E-state index contributed by atoms with van der Waals surface area (Å²) in [5, 5.41) is 0.567. The van der Waals surface area contributed by atoms with Gasteiger partial charge in [0.2, 0.25) is 0 Å². The molecule has 0 atom stereocenters. The predicted molar refractivity (Wildman–Crippen MR) is 78.0 cm³/mol. The molecule has 0 saturated carbocycles. The van der Waals surface area contributed by atoms with Crippen molar-refractivity contribution in [3.05, 3.63) is 57.3 Å². The number of hydrogen-bond acceptors (Lipinski definition) is 3. The third kappa shape index (κ3) is 3.33. The number of pyridine rings is 1. The van der Waals surface area contributed by atoms with Crippen LogP contribution in [0, 0.1) is 0 Å². The zero-order chi connectivity index (χ0) is 13.8. The number of halogens is 2. The average molecular weight is 341 g/mol. The Balaban J connectivity index is 2.32. The van der Waals surface area contributed by atoms with E-state index in [0.29, 0.717) is 33.0 Å². The molecule has 0 spiro atoms. The molecular weight excluding hydrogens is 330 g/mol. The maximum absolute atomic E-state index is 12.3. The van der Waals surface area contributed by atoms with Crippen LogP contribution in [0.5, 0.6) is 5.75 Å². The molecule has 5 heteroatoms. The lowest BCUT2D eigenvalue weighted by Gasteiger charge is -2.06. The van der Waals surface area contributed by atoms with E-state index < -0.39 is 0 Å². The van der Waals surface area contributed by atoms with E-state index in [1.54, 1.807) is 30.5 Å². The van der Waals surface area contributed by atoms with Crippen molar-refractivity contribution in [3.8, 4) is 5.75 Å². The van der Waals surface area contributed by atoms with Gasteiger partial charge in [-0.05, 0) is 47.1 Å². The Bertz CT molecular complexity index is 616. The van der Waals surface area contributed by atoms with Gasteiger partial charge >= 0.3 is 0 Å². The topological polar surface area (TPSA) is 39.2 Å². The summed E-state index contributed by atoms with van der Waals surface area (Å²) in [5.74, 6) is 0.466. The largest absolute Gasteiger partial charge is 0.492 e. The van der Waals surface area contributed by atoms with E-state index in [1.807, 2.05) is 6.92 Å². The fraction of sp³-hybridized carbons (Fsp3) is 0.143. The van der Waals surface area contributed by atoms with Crippen LogP contribution in [-0.4, -0.2) is 17.4 Å². The van der Waals surface area contributed by atoms with Gasteiger partial charge in [0, 0.05) is 21.8 Å². The van der Waals surface area contributed by atoms with Crippen molar-refractivity contribution >= 4 is 33.3 Å². The van der Waals surface area contributed by atoms with Gasteiger partial charge in [0.05, 0.1) is 17.8 Å². The lowest BCUT2D eigenvalue weighted by molar-refractivity contribution is 0.103. The van der Waals surface area contributed by atoms with Gasteiger partial charge in [-0.2, -0.15) is 0 Å². The van der Waals surface area contributed by atoms with Gasteiger partial charge in [0.15, 0.2) is 5.78 Å². The van der Waals surface area contributed by atoms with E-state index in [1.165, 1.54) is 6.20 Å². The van der Waals surface area contributed by atoms with Crippen LogP contribution >= 0.6 is 27.5 Å². The number of carbonyl (C=O) groups excluding carboxylic acids is 1. The Morgan fingerprint density at radius 3 is 2.79 bits per heavy atom. The predicted octanol–water partition coefficient (Wildman–Crippen LogP) is 4.13. The van der Waals surface area contributed by atoms with Crippen molar-refractivity contribution in [2.45, 2.75) is 6.92 Å². The van der Waals surface area contributed by atoms with E-state index in [2.05, 4.69) is 20.9 Å². The molecule has 19 heavy (non-hydrogen) atoms. The molecule has 1 aromatic carbocycles. The summed E-state index contributed by atoms with van der Waals surface area (Å²) in [7, 11) is 0. The first-order chi connectivity index (χ1) is 9.11. The number of benzene rings is 1. The van der Waals surface area contributed by atoms with Gasteiger partial charge in [-0.3, -0.25) is 9.78 Å². The van der Waals surface area contributed by atoms with Crippen LogP contribution in [0.4, 0.5) is 0 Å². The normalized spacial score (nSPS) is 10.3. The lowest BCUT2D eigenvalue weighted by atomic mass is 10.1. The van der Waals surface area contributed by atoms with Crippen LogP contribution in [0.2, 0.25) is 5.02 Å². The van der Waals surface area contributed by atoms with Crippen LogP contribution in [0.15, 0.2) is 41.1 Å². The van der Waals surface area contributed by atoms with Crippen molar-refractivity contribution in [1.29, 1.82) is 0 Å². The molecule has 0 saturated heterocycles. The maximum atomic E-state index is 12.3. The van der Waals surface area contributed by atoms with E-state index in [0.717, 1.165) is 0 Å². The summed E-state index contributed by atoms with van der Waals surface area (Å²) in [4.78, 5) is 16.3. The van der Waals surface area contributed by atoms with Crippen molar-refractivity contribution < 1.29 is 9.53 Å². The van der Waals surface area contributed by atoms with E-state index in [4.69, 9.17) is 16.3 Å². The highest BCUT2D eigenvalue weighted by molar-refractivity contribution is 9.10. The number of hydrogen-bond donors (Lipinski definition) is 0. The minimum atomic E-state index is -0.119. The number of ether oxygens (including phenoxy) is 1. The molecule has 0 amide bonds. The van der Waals surface area contributed by atoms with Gasteiger partial charge in [-0.1, -0.05) is 11.6 Å². The van der Waals surface area contributed by atoms with Crippen molar-refractivity contribution in [2.75, 3.05) is 6.61 Å². The smallest absolute Gasteiger partial charge is 0.194 e. The molecule has 2 aromatic rings. The zero-order valence-electron chi connectivity index (χ0n) is 10.2. The molecule has 0 bridgehead atoms. The van der Waals surface area contributed by atoms with Crippen molar-refractivity contribution in [2.24, 2.45) is 0 Å². The molecule has 0 aliphatic rings. The number of aromatic nitrogens is 1. The molecular formula is C14H11BrClNO2. The number of rotatable bonds is 4. The van der Waals surface area contributed by atoms with Crippen LogP contribution in [0.25, 0.3) is 0 Å². The first-order valence-corrected chi connectivity index (χ1v) is 6.86. The second-order valence-electron chi connectivity index (χ2n) is 3.80. The molecule has 3 nitrogen and oxygen atoms in total. The van der Waals surface area contributed by atoms with Crippen LogP contribution in [-0.2, 0) is 0 Å². The minimum Gasteiger partial charge on any atom is -0.492 e. The Morgan fingerprint density at radius 2 is 2.11 bits per heavy atom. The van der Waals surface area contributed by atoms with Crippen LogP contribution in [0.1, 0.15) is 22.8 Å². The van der Waals surface area contributed by atoms with Gasteiger partial charge < -0.3 is 4.74 Å². The highest BCUT2D eigenvalue weighted by atomic mass is 79.9. The van der Waals surface area contributed by atoms with Gasteiger partial charge in [0.1, 0.15) is 5.75 Å². The molecule has 0 aliphatic heterocycles. The standard InChI is InChI=1S/C14H11BrClNO2/c1-2-19-11-5-10(7-17-8-11)14(18)9-3-4-13(16)12(15)6-9/h3-8H,2H2,1H3. The highest BCUT2D eigenvalue weighted by Crippen LogP contribution is 2.25. The van der Waals surface area contributed by atoms with E-state index >= 15 is 0 Å². The number of ketones is 1. The molecule has 0 aliphatic carbocycles. The highest BCUT2D eigenvalue weighted by Gasteiger charge is 2.12. The third-order valence-electron chi connectivity index (χ3n) is 2.47. The van der Waals surface area contributed by atoms with Gasteiger partial charge in [0.25, 0.3) is 0 Å². The van der Waals surface area contributed by atoms with E-state index in [9.17, 15) is 4.79 Å². The maximum Gasteiger partial charge on any atom is 0.194 e. The fourth-order valence-electron chi connectivity index (χ4n) is 1.59. The minimum absolute atomic E-state index is 0.119. The third-order valence-corrected chi connectivity index (χ3v) is 3.68. The van der Waals surface area contributed by atoms with Gasteiger partial charge in [-0.25, -0.2) is 0 Å². The average Bonchev–Trinajstić information content (AvgIpc) is 2.42. The van der Waals surface area contributed by atoms with Crippen LogP contribution in [0.3, 0.4) is 0 Å². The molecule has 1 heterocycles. The summed E-state index contributed by atoms with van der Waals surface area (Å²) >= 11 is 9.21. The van der Waals surface area contributed by atoms with E-state index in [-0.39, 0.29) is 5.78 Å². The number of carbonyl (C=O) groups is 1. The summed E-state index contributed by atoms with van der Waals surface area (Å²) in [6, 6.07) is 6.74. The summed E-state index contributed by atoms with van der Waals surface area (Å²) in [5.41, 5.74) is 1.03. The first kappa shape index (κ1) is 14.0. The fourth-order valence-corrected chi connectivity index (χ4v) is 2.09.